The van der Waals surface area contributed by atoms with Gasteiger partial charge in [0.2, 0.25) is 5.91 Å². The quantitative estimate of drug-likeness (QED) is 0.800. The van der Waals surface area contributed by atoms with Gasteiger partial charge in [0.25, 0.3) is 0 Å². The molecule has 0 saturated carbocycles. The first-order valence-electron chi connectivity index (χ1n) is 8.25. The first-order chi connectivity index (χ1) is 11.9. The number of carbonyl (C=O) groups excluding carboxylic acids is 2. The molecule has 1 saturated heterocycles. The normalized spacial score (nSPS) is 17.7. The number of nitrogens with zero attached hydrogens (tertiary/aromatic N) is 2. The molecule has 2 N–H and O–H groups in total. The Hall–Kier alpha value is -2.99. The van der Waals surface area contributed by atoms with E-state index >= 15 is 0 Å². The van der Waals surface area contributed by atoms with Crippen molar-refractivity contribution in [1.82, 2.24) is 15.5 Å². The van der Waals surface area contributed by atoms with E-state index in [1.807, 2.05) is 26.0 Å². The molecule has 0 aromatic heterocycles. The Kier molecular flexibility index (Phi) is 6.03. The van der Waals surface area contributed by atoms with E-state index in [0.717, 1.165) is 5.56 Å². The van der Waals surface area contributed by atoms with Crippen LogP contribution in [-0.4, -0.2) is 35.5 Å². The predicted molar refractivity (Wildman–Crippen MR) is 94.1 cm³/mol. The number of urea groups is 1. The van der Waals surface area contributed by atoms with E-state index in [1.54, 1.807) is 17.0 Å². The molecule has 0 unspecified atom stereocenters. The number of hydrogen-bond acceptors (Lipinski definition) is 3. The number of carbonyl (C=O) groups is 2. The fraction of sp³-hybridized carbons (Fsp3) is 0.421. The van der Waals surface area contributed by atoms with Crippen LogP contribution in [0.2, 0.25) is 0 Å². The largest absolute Gasteiger partial charge is 0.336 e. The number of likely N-dealkylation sites (tertiary alicyclic amines) is 1. The van der Waals surface area contributed by atoms with E-state index in [1.165, 1.54) is 0 Å². The maximum absolute atomic E-state index is 12.4. The van der Waals surface area contributed by atoms with Crippen LogP contribution in [0.1, 0.15) is 31.4 Å². The molecular formula is C19H22N4O2. The summed E-state index contributed by atoms with van der Waals surface area (Å²) in [5.41, 5.74) is 1.53. The summed E-state index contributed by atoms with van der Waals surface area (Å²) in [5, 5.41) is 14.2. The van der Waals surface area contributed by atoms with Gasteiger partial charge < -0.3 is 15.5 Å². The molecule has 25 heavy (non-hydrogen) atoms. The average Bonchev–Trinajstić information content (AvgIpc) is 2.93. The third-order valence-corrected chi connectivity index (χ3v) is 4.19. The highest BCUT2D eigenvalue weighted by Crippen LogP contribution is 2.15. The summed E-state index contributed by atoms with van der Waals surface area (Å²) < 4.78 is 0. The molecule has 1 heterocycles. The van der Waals surface area contributed by atoms with Crippen molar-refractivity contribution in [3.8, 4) is 18.4 Å². The summed E-state index contributed by atoms with van der Waals surface area (Å²) in [5.74, 6) is 2.53. The maximum Gasteiger partial charge on any atom is 0.316 e. The molecule has 1 aromatic rings. The summed E-state index contributed by atoms with van der Waals surface area (Å²) in [7, 11) is 0. The van der Waals surface area contributed by atoms with Crippen LogP contribution in [0.4, 0.5) is 4.79 Å². The minimum absolute atomic E-state index is 0.110. The van der Waals surface area contributed by atoms with Crippen LogP contribution in [-0.2, 0) is 11.3 Å². The van der Waals surface area contributed by atoms with Crippen molar-refractivity contribution in [1.29, 1.82) is 5.26 Å². The lowest BCUT2D eigenvalue weighted by atomic mass is 10.1. The van der Waals surface area contributed by atoms with Crippen LogP contribution >= 0.6 is 0 Å². The van der Waals surface area contributed by atoms with Gasteiger partial charge in [-0.3, -0.25) is 4.79 Å². The van der Waals surface area contributed by atoms with Crippen LogP contribution in [0, 0.1) is 29.6 Å². The molecule has 1 aliphatic rings. The van der Waals surface area contributed by atoms with Gasteiger partial charge in [-0.15, -0.1) is 6.42 Å². The molecule has 1 aromatic carbocycles. The lowest BCUT2D eigenvalue weighted by Crippen LogP contribution is -2.49. The molecule has 6 nitrogen and oxygen atoms in total. The first kappa shape index (κ1) is 18.4. The van der Waals surface area contributed by atoms with Crippen molar-refractivity contribution in [2.24, 2.45) is 5.92 Å². The molecule has 1 fully saturated rings. The lowest BCUT2D eigenvalue weighted by Gasteiger charge is -2.20. The second-order valence-corrected chi connectivity index (χ2v) is 6.42. The van der Waals surface area contributed by atoms with E-state index in [0.29, 0.717) is 25.1 Å². The molecule has 0 aliphatic carbocycles. The van der Waals surface area contributed by atoms with Gasteiger partial charge in [0, 0.05) is 13.1 Å². The number of terminal acetylenes is 1. The van der Waals surface area contributed by atoms with Gasteiger partial charge in [-0.1, -0.05) is 31.9 Å². The number of rotatable bonds is 5. The third kappa shape index (κ3) is 4.74. The molecule has 1 aliphatic heterocycles. The van der Waals surface area contributed by atoms with Crippen LogP contribution in [0.5, 0.6) is 0 Å². The van der Waals surface area contributed by atoms with Gasteiger partial charge in [0.05, 0.1) is 17.7 Å². The standard InChI is InChI=1S/C19H22N4O2/c1-4-16(13(2)3)21-19(25)22-17-9-10-23(18(17)24)12-15-7-5-14(11-20)6-8-15/h1,5-8,13,16-17H,9-10,12H2,2-3H3,(H2,21,22,25)/t16-,17-/m1/s1. The molecule has 3 amide bonds. The third-order valence-electron chi connectivity index (χ3n) is 4.19. The molecule has 2 rings (SSSR count). The summed E-state index contributed by atoms with van der Waals surface area (Å²) in [6, 6.07) is 7.86. The van der Waals surface area contributed by atoms with Gasteiger partial charge in [-0.25, -0.2) is 4.79 Å². The van der Waals surface area contributed by atoms with Crippen LogP contribution < -0.4 is 10.6 Å². The number of nitrogens with one attached hydrogen (secondary N) is 2. The van der Waals surface area contributed by atoms with Crippen LogP contribution in [0.15, 0.2) is 24.3 Å². The molecule has 6 heteroatoms. The van der Waals surface area contributed by atoms with Crippen molar-refractivity contribution in [2.75, 3.05) is 6.54 Å². The molecule has 2 atom stereocenters. The number of amides is 3. The molecule has 0 spiro atoms. The minimum Gasteiger partial charge on any atom is -0.336 e. The smallest absolute Gasteiger partial charge is 0.316 e. The van der Waals surface area contributed by atoms with Gasteiger partial charge in [-0.2, -0.15) is 5.26 Å². The predicted octanol–water partition coefficient (Wildman–Crippen LogP) is 1.62. The Morgan fingerprint density at radius 1 is 1.40 bits per heavy atom. The van der Waals surface area contributed by atoms with E-state index in [4.69, 9.17) is 11.7 Å². The first-order valence-corrected chi connectivity index (χ1v) is 8.25. The zero-order chi connectivity index (χ0) is 18.4. The van der Waals surface area contributed by atoms with E-state index in [9.17, 15) is 9.59 Å². The van der Waals surface area contributed by atoms with Gasteiger partial charge in [0.15, 0.2) is 0 Å². The summed E-state index contributed by atoms with van der Waals surface area (Å²) in [6.45, 7) is 4.88. The lowest BCUT2D eigenvalue weighted by molar-refractivity contribution is -0.129. The molecular weight excluding hydrogens is 316 g/mol. The molecule has 0 bridgehead atoms. The fourth-order valence-electron chi connectivity index (χ4n) is 2.68. The Morgan fingerprint density at radius 2 is 2.08 bits per heavy atom. The van der Waals surface area contributed by atoms with Crippen molar-refractivity contribution in [3.63, 3.8) is 0 Å². The van der Waals surface area contributed by atoms with E-state index in [-0.39, 0.29) is 17.9 Å². The Bertz CT molecular complexity index is 712. The second kappa shape index (κ2) is 8.21. The fourth-order valence-corrected chi connectivity index (χ4v) is 2.68. The topological polar surface area (TPSA) is 85.2 Å². The van der Waals surface area contributed by atoms with Gasteiger partial charge >= 0.3 is 6.03 Å². The highest BCUT2D eigenvalue weighted by Gasteiger charge is 2.33. The Labute approximate surface area is 148 Å². The van der Waals surface area contributed by atoms with Crippen LogP contribution in [0.3, 0.4) is 0 Å². The minimum atomic E-state index is -0.538. The van der Waals surface area contributed by atoms with Crippen LogP contribution in [0.25, 0.3) is 0 Å². The average molecular weight is 338 g/mol. The Morgan fingerprint density at radius 3 is 2.64 bits per heavy atom. The van der Waals surface area contributed by atoms with E-state index in [2.05, 4.69) is 22.6 Å². The number of benzene rings is 1. The van der Waals surface area contributed by atoms with Crippen molar-refractivity contribution >= 4 is 11.9 Å². The highest BCUT2D eigenvalue weighted by molar-refractivity contribution is 5.88. The molecule has 130 valence electrons. The van der Waals surface area contributed by atoms with Crippen molar-refractivity contribution in [3.05, 3.63) is 35.4 Å². The summed E-state index contributed by atoms with van der Waals surface area (Å²) in [6.07, 6.45) is 5.96. The number of hydrogen-bond donors (Lipinski definition) is 2. The number of nitriles is 1. The van der Waals surface area contributed by atoms with E-state index < -0.39 is 12.1 Å². The maximum atomic E-state index is 12.4. The highest BCUT2D eigenvalue weighted by atomic mass is 16.2. The zero-order valence-electron chi connectivity index (χ0n) is 14.5. The summed E-state index contributed by atoms with van der Waals surface area (Å²) >= 11 is 0. The zero-order valence-corrected chi connectivity index (χ0v) is 14.5. The second-order valence-electron chi connectivity index (χ2n) is 6.42. The van der Waals surface area contributed by atoms with Crippen molar-refractivity contribution in [2.45, 2.75) is 38.9 Å². The monoisotopic (exact) mass is 338 g/mol. The van der Waals surface area contributed by atoms with Gasteiger partial charge in [0.1, 0.15) is 6.04 Å². The van der Waals surface area contributed by atoms with Crippen molar-refractivity contribution < 1.29 is 9.59 Å². The van der Waals surface area contributed by atoms with Gasteiger partial charge in [-0.05, 0) is 30.0 Å². The summed E-state index contributed by atoms with van der Waals surface area (Å²) in [4.78, 5) is 26.2. The molecule has 0 radical (unpaired) electrons. The SMILES string of the molecule is C#C[C@@H](NC(=O)N[C@@H]1CCN(Cc2ccc(C#N)cc2)C1=O)C(C)C. The Balaban J connectivity index is 1.89.